The molecule has 7 heteroatoms. The van der Waals surface area contributed by atoms with E-state index in [2.05, 4.69) is 0 Å². The van der Waals surface area contributed by atoms with E-state index in [0.717, 1.165) is 11.1 Å². The van der Waals surface area contributed by atoms with Gasteiger partial charge in [-0.05, 0) is 38.8 Å². The third-order valence-corrected chi connectivity index (χ3v) is 6.02. The number of rotatable bonds is 10. The maximum Gasteiger partial charge on any atom is 0.164 e. The van der Waals surface area contributed by atoms with E-state index in [0.29, 0.717) is 19.8 Å². The zero-order valence-corrected chi connectivity index (χ0v) is 20.4. The molecule has 0 unspecified atom stereocenters. The van der Waals surface area contributed by atoms with Gasteiger partial charge in [0.05, 0.1) is 26.4 Å². The molecular weight excluding hydrogens is 436 g/mol. The Labute approximate surface area is 201 Å². The van der Waals surface area contributed by atoms with Crippen LogP contribution in [0.1, 0.15) is 38.8 Å². The fourth-order valence-corrected chi connectivity index (χ4v) is 4.45. The summed E-state index contributed by atoms with van der Waals surface area (Å²) in [5, 5.41) is 10.3. The molecule has 2 fully saturated rings. The fraction of sp³-hybridized carbons (Fsp3) is 0.556. The smallest absolute Gasteiger partial charge is 0.164 e. The van der Waals surface area contributed by atoms with Crippen molar-refractivity contribution in [2.24, 2.45) is 0 Å². The molecule has 2 saturated heterocycles. The summed E-state index contributed by atoms with van der Waals surface area (Å²) < 4.78 is 37.1. The molecule has 2 aromatic rings. The molecule has 34 heavy (non-hydrogen) atoms. The zero-order chi connectivity index (χ0) is 24.2. The highest BCUT2D eigenvalue weighted by Crippen LogP contribution is 2.38. The van der Waals surface area contributed by atoms with Gasteiger partial charge in [0.25, 0.3) is 0 Å². The summed E-state index contributed by atoms with van der Waals surface area (Å²) in [6.45, 7) is 8.34. The van der Waals surface area contributed by atoms with Crippen molar-refractivity contribution in [2.45, 2.75) is 83.0 Å². The van der Waals surface area contributed by atoms with E-state index < -0.39 is 36.0 Å². The van der Waals surface area contributed by atoms with E-state index in [1.165, 1.54) is 0 Å². The molecule has 0 radical (unpaired) electrons. The number of aliphatic hydroxyl groups is 1. The summed E-state index contributed by atoms with van der Waals surface area (Å²) in [5.41, 5.74) is 2.03. The second kappa shape index (κ2) is 10.8. The first-order valence-corrected chi connectivity index (χ1v) is 11.9. The van der Waals surface area contributed by atoms with Crippen LogP contribution in [-0.2, 0) is 41.6 Å². The van der Waals surface area contributed by atoms with Gasteiger partial charge < -0.3 is 33.5 Å². The minimum Gasteiger partial charge on any atom is -0.394 e. The molecular formula is C27H36O7. The lowest BCUT2D eigenvalue weighted by molar-refractivity contribution is -0.184. The highest BCUT2D eigenvalue weighted by atomic mass is 16.8. The summed E-state index contributed by atoms with van der Waals surface area (Å²) in [6.07, 6.45) is -2.56. The molecule has 4 rings (SSSR count). The molecule has 2 aliphatic rings. The molecule has 5 atom stereocenters. The van der Waals surface area contributed by atoms with E-state index in [1.807, 2.05) is 88.4 Å². The third-order valence-electron chi connectivity index (χ3n) is 6.02. The van der Waals surface area contributed by atoms with Crippen molar-refractivity contribution in [1.29, 1.82) is 0 Å². The summed E-state index contributed by atoms with van der Waals surface area (Å²) in [7, 11) is 0. The van der Waals surface area contributed by atoms with Crippen LogP contribution in [0.2, 0.25) is 0 Å². The van der Waals surface area contributed by atoms with Gasteiger partial charge in [0.15, 0.2) is 11.6 Å². The lowest BCUT2D eigenvalue weighted by Crippen LogP contribution is -2.51. The maximum absolute atomic E-state index is 10.3. The van der Waals surface area contributed by atoms with Crippen molar-refractivity contribution in [3.05, 3.63) is 71.8 Å². The van der Waals surface area contributed by atoms with Gasteiger partial charge in [0, 0.05) is 0 Å². The van der Waals surface area contributed by atoms with Gasteiger partial charge in [-0.1, -0.05) is 60.7 Å². The lowest BCUT2D eigenvalue weighted by Gasteiger charge is -2.33. The molecule has 1 N–H and O–H groups in total. The standard InChI is InChI=1S/C27H36O7/c1-26(2)31-18-22(32-26)24-25(34-27(3,4)33-24)23(30-17-20-13-9-6-10-14-20)21(15-28)29-16-19-11-7-5-8-12-19/h5-14,21-25,28H,15-18H2,1-4H3/t21-,22+,23+,24+,25+/m0/s1. The van der Waals surface area contributed by atoms with Crippen molar-refractivity contribution < 1.29 is 33.5 Å². The second-order valence-electron chi connectivity index (χ2n) is 9.71. The van der Waals surface area contributed by atoms with E-state index in [1.54, 1.807) is 0 Å². The summed E-state index contributed by atoms with van der Waals surface area (Å²) in [5.74, 6) is -1.55. The first-order valence-electron chi connectivity index (χ1n) is 11.9. The topological polar surface area (TPSA) is 75.6 Å². The quantitative estimate of drug-likeness (QED) is 0.563. The molecule has 0 bridgehead atoms. The van der Waals surface area contributed by atoms with Gasteiger partial charge in [-0.3, -0.25) is 0 Å². The largest absolute Gasteiger partial charge is 0.394 e. The first-order chi connectivity index (χ1) is 16.3. The van der Waals surface area contributed by atoms with E-state index >= 15 is 0 Å². The summed E-state index contributed by atoms with van der Waals surface area (Å²) >= 11 is 0. The Morgan fingerprint density at radius 3 is 1.94 bits per heavy atom. The van der Waals surface area contributed by atoms with Crippen LogP contribution < -0.4 is 0 Å². The molecule has 7 nitrogen and oxygen atoms in total. The van der Waals surface area contributed by atoms with Crippen molar-refractivity contribution in [3.63, 3.8) is 0 Å². The molecule has 2 aliphatic heterocycles. The fourth-order valence-electron chi connectivity index (χ4n) is 4.45. The van der Waals surface area contributed by atoms with E-state index in [4.69, 9.17) is 28.4 Å². The summed E-state index contributed by atoms with van der Waals surface area (Å²) in [4.78, 5) is 0. The van der Waals surface area contributed by atoms with Crippen LogP contribution in [-0.4, -0.2) is 60.4 Å². The van der Waals surface area contributed by atoms with E-state index in [9.17, 15) is 5.11 Å². The van der Waals surface area contributed by atoms with Crippen molar-refractivity contribution in [1.82, 2.24) is 0 Å². The number of benzene rings is 2. The number of hydrogen-bond donors (Lipinski definition) is 1. The SMILES string of the molecule is CC1(C)O[C@H]([C@H](OCc2ccccc2)[C@H](CO)OCc2ccccc2)[C@@H]([C@H]2COC(C)(C)O2)O1. The number of hydrogen-bond acceptors (Lipinski definition) is 7. The molecule has 0 spiro atoms. The molecule has 0 saturated carbocycles. The van der Waals surface area contributed by atoms with Gasteiger partial charge in [-0.2, -0.15) is 0 Å². The highest BCUT2D eigenvalue weighted by molar-refractivity contribution is 5.14. The average Bonchev–Trinajstić information content (AvgIpc) is 3.35. The third kappa shape index (κ3) is 6.43. The van der Waals surface area contributed by atoms with Crippen molar-refractivity contribution in [2.75, 3.05) is 13.2 Å². The second-order valence-corrected chi connectivity index (χ2v) is 9.71. The number of ether oxygens (including phenoxy) is 6. The van der Waals surface area contributed by atoms with Crippen LogP contribution in [0.4, 0.5) is 0 Å². The average molecular weight is 473 g/mol. The van der Waals surface area contributed by atoms with Crippen LogP contribution in [0.25, 0.3) is 0 Å². The van der Waals surface area contributed by atoms with Gasteiger partial charge in [0.2, 0.25) is 0 Å². The van der Waals surface area contributed by atoms with Crippen LogP contribution in [0.3, 0.4) is 0 Å². The van der Waals surface area contributed by atoms with Gasteiger partial charge in [-0.15, -0.1) is 0 Å². The molecule has 2 aromatic carbocycles. The Morgan fingerprint density at radius 1 is 0.824 bits per heavy atom. The van der Waals surface area contributed by atoms with E-state index in [-0.39, 0.29) is 12.7 Å². The normalized spacial score (nSPS) is 27.5. The zero-order valence-electron chi connectivity index (χ0n) is 20.4. The van der Waals surface area contributed by atoms with Crippen LogP contribution in [0.5, 0.6) is 0 Å². The van der Waals surface area contributed by atoms with Crippen molar-refractivity contribution >= 4 is 0 Å². The van der Waals surface area contributed by atoms with Gasteiger partial charge >= 0.3 is 0 Å². The molecule has 0 aliphatic carbocycles. The highest BCUT2D eigenvalue weighted by Gasteiger charge is 2.54. The van der Waals surface area contributed by atoms with Crippen LogP contribution in [0.15, 0.2) is 60.7 Å². The minimum absolute atomic E-state index is 0.229. The van der Waals surface area contributed by atoms with Crippen LogP contribution >= 0.6 is 0 Å². The Hall–Kier alpha value is -1.84. The lowest BCUT2D eigenvalue weighted by atomic mass is 9.99. The minimum atomic E-state index is -0.848. The number of aliphatic hydroxyl groups excluding tert-OH is 1. The molecule has 2 heterocycles. The predicted octanol–water partition coefficient (Wildman–Crippen LogP) is 3.82. The Kier molecular flexibility index (Phi) is 8.05. The molecule has 0 aromatic heterocycles. The van der Waals surface area contributed by atoms with Crippen LogP contribution in [0, 0.1) is 0 Å². The first kappa shape index (κ1) is 25.3. The Morgan fingerprint density at radius 2 is 1.41 bits per heavy atom. The summed E-state index contributed by atoms with van der Waals surface area (Å²) in [6, 6.07) is 19.8. The maximum atomic E-state index is 10.3. The molecule has 186 valence electrons. The van der Waals surface area contributed by atoms with Gasteiger partial charge in [-0.25, -0.2) is 0 Å². The predicted molar refractivity (Wildman–Crippen MR) is 126 cm³/mol. The Bertz CT molecular complexity index is 886. The van der Waals surface area contributed by atoms with Crippen molar-refractivity contribution in [3.8, 4) is 0 Å². The Balaban J connectivity index is 1.56. The molecule has 0 amide bonds. The van der Waals surface area contributed by atoms with Gasteiger partial charge in [0.1, 0.15) is 30.5 Å². The monoisotopic (exact) mass is 472 g/mol.